The molecule has 0 bridgehead atoms. The van der Waals surface area contributed by atoms with E-state index in [9.17, 15) is 9.59 Å². The Labute approximate surface area is 215 Å². The molecule has 0 fully saturated rings. The summed E-state index contributed by atoms with van der Waals surface area (Å²) in [6.07, 6.45) is 2.01. The molecule has 3 aromatic rings. The molecule has 0 saturated heterocycles. The number of methoxy groups -OCH3 is 1. The lowest BCUT2D eigenvalue weighted by molar-refractivity contribution is -0.176. The highest BCUT2D eigenvalue weighted by molar-refractivity contribution is 5.93. The van der Waals surface area contributed by atoms with Gasteiger partial charge in [-0.05, 0) is 62.0 Å². The SMILES string of the molecule is CCN(CC)C1CCc2c(C)c(F)cc3nc4c(c1c23)Cn1c-4cc2c(c1=O)COC(=O)C2(CC)OC. The van der Waals surface area contributed by atoms with Crippen molar-refractivity contribution < 1.29 is 18.7 Å². The molecule has 194 valence electrons. The van der Waals surface area contributed by atoms with Crippen LogP contribution in [0.4, 0.5) is 4.39 Å². The van der Waals surface area contributed by atoms with Crippen LogP contribution in [-0.4, -0.2) is 40.6 Å². The lowest BCUT2D eigenvalue weighted by atomic mass is 9.81. The lowest BCUT2D eigenvalue weighted by Crippen LogP contribution is -2.45. The van der Waals surface area contributed by atoms with Crippen LogP contribution >= 0.6 is 0 Å². The third-order valence-corrected chi connectivity index (χ3v) is 8.92. The number of rotatable bonds is 5. The first-order valence-electron chi connectivity index (χ1n) is 13.2. The van der Waals surface area contributed by atoms with Crippen molar-refractivity contribution in [1.82, 2.24) is 14.5 Å². The van der Waals surface area contributed by atoms with E-state index >= 15 is 4.39 Å². The molecule has 37 heavy (non-hydrogen) atoms. The van der Waals surface area contributed by atoms with Crippen molar-refractivity contribution in [3.8, 4) is 11.4 Å². The van der Waals surface area contributed by atoms with Gasteiger partial charge in [0.15, 0.2) is 5.60 Å². The minimum atomic E-state index is -1.34. The zero-order chi connectivity index (χ0) is 26.2. The van der Waals surface area contributed by atoms with E-state index in [1.165, 1.54) is 13.2 Å². The Balaban J connectivity index is 1.69. The van der Waals surface area contributed by atoms with Gasteiger partial charge in [0.2, 0.25) is 0 Å². The fourth-order valence-electron chi connectivity index (χ4n) is 6.89. The van der Waals surface area contributed by atoms with Gasteiger partial charge in [-0.1, -0.05) is 20.8 Å². The summed E-state index contributed by atoms with van der Waals surface area (Å²) in [5.41, 5.74) is 5.30. The number of benzene rings is 1. The monoisotopic (exact) mass is 505 g/mol. The molecule has 7 nitrogen and oxygen atoms in total. The van der Waals surface area contributed by atoms with E-state index in [-0.39, 0.29) is 24.0 Å². The van der Waals surface area contributed by atoms with Gasteiger partial charge < -0.3 is 14.0 Å². The molecule has 0 amide bonds. The van der Waals surface area contributed by atoms with E-state index in [4.69, 9.17) is 14.5 Å². The van der Waals surface area contributed by atoms with Crippen LogP contribution in [-0.2, 0) is 39.4 Å². The van der Waals surface area contributed by atoms with Crippen LogP contribution in [0.1, 0.15) is 73.0 Å². The molecule has 0 N–H and O–H groups in total. The van der Waals surface area contributed by atoms with Crippen molar-refractivity contribution in [2.75, 3.05) is 20.2 Å². The summed E-state index contributed by atoms with van der Waals surface area (Å²) < 4.78 is 27.9. The van der Waals surface area contributed by atoms with Gasteiger partial charge in [-0.2, -0.15) is 0 Å². The van der Waals surface area contributed by atoms with E-state index in [0.29, 0.717) is 46.6 Å². The molecular weight excluding hydrogens is 473 g/mol. The number of hydrogen-bond donors (Lipinski definition) is 0. The molecule has 0 spiro atoms. The second-order valence-corrected chi connectivity index (χ2v) is 10.3. The summed E-state index contributed by atoms with van der Waals surface area (Å²) in [4.78, 5) is 34.1. The zero-order valence-corrected chi connectivity index (χ0v) is 22.0. The average molecular weight is 506 g/mol. The number of hydrogen-bond acceptors (Lipinski definition) is 6. The summed E-state index contributed by atoms with van der Waals surface area (Å²) in [6.45, 7) is 10.1. The van der Waals surface area contributed by atoms with E-state index < -0.39 is 11.6 Å². The number of pyridine rings is 2. The van der Waals surface area contributed by atoms with Gasteiger partial charge in [-0.25, -0.2) is 14.2 Å². The van der Waals surface area contributed by atoms with E-state index in [0.717, 1.165) is 48.0 Å². The summed E-state index contributed by atoms with van der Waals surface area (Å²) in [7, 11) is 1.47. The van der Waals surface area contributed by atoms with Crippen LogP contribution in [0.3, 0.4) is 0 Å². The molecule has 1 aliphatic carbocycles. The maximum absolute atomic E-state index is 15.0. The van der Waals surface area contributed by atoms with E-state index in [1.807, 2.05) is 19.9 Å². The highest BCUT2D eigenvalue weighted by Crippen LogP contribution is 2.47. The first kappa shape index (κ1) is 24.2. The van der Waals surface area contributed by atoms with Crippen LogP contribution in [0, 0.1) is 12.7 Å². The van der Waals surface area contributed by atoms with Gasteiger partial charge in [-0.15, -0.1) is 0 Å². The maximum Gasteiger partial charge on any atom is 0.343 e. The van der Waals surface area contributed by atoms with Crippen molar-refractivity contribution in [1.29, 1.82) is 0 Å². The number of aryl methyl sites for hydroxylation is 1. The number of carbonyl (C=O) groups excluding carboxylic acids is 1. The van der Waals surface area contributed by atoms with Gasteiger partial charge in [0.05, 0.1) is 29.0 Å². The summed E-state index contributed by atoms with van der Waals surface area (Å²) in [5.74, 6) is -0.743. The Hall–Kier alpha value is -3.10. The maximum atomic E-state index is 15.0. The molecule has 2 atom stereocenters. The third-order valence-electron chi connectivity index (χ3n) is 8.92. The molecule has 2 aliphatic heterocycles. The number of esters is 1. The number of nitrogens with zero attached hydrogens (tertiary/aromatic N) is 3. The minimum absolute atomic E-state index is 0.0758. The molecule has 4 heterocycles. The second-order valence-electron chi connectivity index (χ2n) is 10.3. The summed E-state index contributed by atoms with van der Waals surface area (Å²) >= 11 is 0. The highest BCUT2D eigenvalue weighted by atomic mass is 19.1. The Morgan fingerprint density at radius 3 is 2.62 bits per heavy atom. The van der Waals surface area contributed by atoms with E-state index in [2.05, 4.69) is 18.7 Å². The minimum Gasteiger partial charge on any atom is -0.458 e. The quantitative estimate of drug-likeness (QED) is 0.372. The van der Waals surface area contributed by atoms with Gasteiger partial charge in [0.1, 0.15) is 12.4 Å². The zero-order valence-electron chi connectivity index (χ0n) is 22.0. The first-order valence-corrected chi connectivity index (χ1v) is 13.2. The van der Waals surface area contributed by atoms with Crippen molar-refractivity contribution in [2.24, 2.45) is 0 Å². The molecular formula is C29H32FN3O4. The summed E-state index contributed by atoms with van der Waals surface area (Å²) in [6, 6.07) is 3.57. The lowest BCUT2D eigenvalue weighted by Gasteiger charge is -2.36. The standard InChI is InChI=1S/C29H32FN3O4/c1-6-29(36-5)19-11-23-26-17(13-33(23)27(34)18(19)14-37-28(29)35)25-22(32(7-2)8-3)10-9-16-15(4)20(30)12-21(31-26)24(16)25/h11-12,22H,6-10,13-14H2,1-5H3. The van der Waals surface area contributed by atoms with Gasteiger partial charge in [0, 0.05) is 35.7 Å². The van der Waals surface area contributed by atoms with Crippen molar-refractivity contribution >= 4 is 16.9 Å². The largest absolute Gasteiger partial charge is 0.458 e. The first-order chi connectivity index (χ1) is 17.8. The van der Waals surface area contributed by atoms with Crippen LogP contribution in [0.5, 0.6) is 0 Å². The summed E-state index contributed by atoms with van der Waals surface area (Å²) in [5, 5.41) is 1.03. The Morgan fingerprint density at radius 1 is 1.19 bits per heavy atom. The molecule has 3 aliphatic rings. The highest BCUT2D eigenvalue weighted by Gasteiger charge is 2.47. The van der Waals surface area contributed by atoms with Crippen molar-refractivity contribution in [2.45, 2.75) is 71.8 Å². The van der Waals surface area contributed by atoms with Crippen LogP contribution < -0.4 is 5.56 Å². The Bertz CT molecular complexity index is 1540. The number of ether oxygens (including phenoxy) is 2. The second kappa shape index (κ2) is 8.46. The molecule has 2 unspecified atom stereocenters. The van der Waals surface area contributed by atoms with Gasteiger partial charge >= 0.3 is 5.97 Å². The Kier molecular flexibility index (Phi) is 5.55. The molecule has 2 aromatic heterocycles. The average Bonchev–Trinajstić information content (AvgIpc) is 3.27. The van der Waals surface area contributed by atoms with Crippen LogP contribution in [0.2, 0.25) is 0 Å². The molecule has 8 heteroatoms. The van der Waals surface area contributed by atoms with Crippen molar-refractivity contribution in [3.05, 3.63) is 61.7 Å². The third kappa shape index (κ3) is 3.09. The fraction of sp³-hybridized carbons (Fsp3) is 0.483. The topological polar surface area (TPSA) is 73.7 Å². The predicted molar refractivity (Wildman–Crippen MR) is 138 cm³/mol. The molecule has 1 aromatic carbocycles. The van der Waals surface area contributed by atoms with Crippen molar-refractivity contribution in [3.63, 3.8) is 0 Å². The molecule has 0 radical (unpaired) electrons. The normalized spacial score (nSPS) is 21.7. The number of halogens is 1. The number of cyclic esters (lactones) is 1. The number of fused-ring (bicyclic) bond motifs is 5. The smallest absolute Gasteiger partial charge is 0.343 e. The van der Waals surface area contributed by atoms with E-state index in [1.54, 1.807) is 4.57 Å². The fourth-order valence-corrected chi connectivity index (χ4v) is 6.89. The van der Waals surface area contributed by atoms with Gasteiger partial charge in [-0.3, -0.25) is 9.69 Å². The molecule has 0 saturated carbocycles. The van der Waals surface area contributed by atoms with Crippen LogP contribution in [0.15, 0.2) is 16.9 Å². The number of aromatic nitrogens is 2. The van der Waals surface area contributed by atoms with Crippen LogP contribution in [0.25, 0.3) is 22.3 Å². The van der Waals surface area contributed by atoms with Gasteiger partial charge in [0.25, 0.3) is 5.56 Å². The Morgan fingerprint density at radius 2 is 1.95 bits per heavy atom. The number of carbonyl (C=O) groups is 1. The predicted octanol–water partition coefficient (Wildman–Crippen LogP) is 4.51. The molecule has 6 rings (SSSR count).